The highest BCUT2D eigenvalue weighted by atomic mass is 35.5. The van der Waals surface area contributed by atoms with Gasteiger partial charge in [0.25, 0.3) is 0 Å². The second kappa shape index (κ2) is 3.24. The number of hydrogen-bond acceptors (Lipinski definition) is 3. The highest BCUT2D eigenvalue weighted by molar-refractivity contribution is 6.20. The van der Waals surface area contributed by atoms with E-state index in [1.54, 1.807) is 0 Å². The Morgan fingerprint density at radius 1 is 1.23 bits per heavy atom. The largest absolute Gasteiger partial charge is 0.352 e. The van der Waals surface area contributed by atoms with Gasteiger partial charge in [-0.15, -0.1) is 11.6 Å². The van der Waals surface area contributed by atoms with Crippen LogP contribution in [0, 0.1) is 0 Å². The molecule has 0 aromatic carbocycles. The van der Waals surface area contributed by atoms with Crippen LogP contribution in [-0.4, -0.2) is 35.5 Å². The predicted molar refractivity (Wildman–Crippen MR) is 49.1 cm³/mol. The summed E-state index contributed by atoms with van der Waals surface area (Å²) in [4.78, 5) is 0. The summed E-state index contributed by atoms with van der Waals surface area (Å²) in [6, 6.07) is 0. The van der Waals surface area contributed by atoms with Gasteiger partial charge in [-0.25, -0.2) is 0 Å². The number of ether oxygens (including phenoxy) is 3. The summed E-state index contributed by atoms with van der Waals surface area (Å²) in [5.74, 6) is -0.194. The minimum absolute atomic E-state index is 0.130. The zero-order valence-corrected chi connectivity index (χ0v) is 9.01. The molecule has 2 rings (SSSR count). The van der Waals surface area contributed by atoms with E-state index in [2.05, 4.69) is 0 Å². The first-order valence-electron chi connectivity index (χ1n) is 4.24. The molecule has 3 nitrogen and oxygen atoms in total. The molecule has 5 heteroatoms. The fourth-order valence-electron chi connectivity index (χ4n) is 1.75. The zero-order valence-electron chi connectivity index (χ0n) is 7.50. The van der Waals surface area contributed by atoms with Crippen LogP contribution in [0.4, 0.5) is 0 Å². The molecule has 0 aliphatic carbocycles. The number of rotatable bonds is 1. The molecule has 2 aliphatic rings. The number of halogens is 2. The average molecular weight is 227 g/mol. The Morgan fingerprint density at radius 3 is 2.46 bits per heavy atom. The van der Waals surface area contributed by atoms with Gasteiger partial charge in [0.05, 0.1) is 5.88 Å². The van der Waals surface area contributed by atoms with Crippen LogP contribution in [0.25, 0.3) is 0 Å². The Balaban J connectivity index is 2.12. The number of alkyl halides is 2. The van der Waals surface area contributed by atoms with Gasteiger partial charge >= 0.3 is 0 Å². The molecule has 0 radical (unpaired) electrons. The highest BCUT2D eigenvalue weighted by Crippen LogP contribution is 2.40. The third-order valence-electron chi connectivity index (χ3n) is 2.25. The van der Waals surface area contributed by atoms with Crippen molar-refractivity contribution in [2.45, 2.75) is 43.5 Å². The number of hydrogen-bond donors (Lipinski definition) is 0. The maximum atomic E-state index is 5.93. The summed E-state index contributed by atoms with van der Waals surface area (Å²) in [7, 11) is 0. The average Bonchev–Trinajstić information content (AvgIpc) is 2.47. The summed E-state index contributed by atoms with van der Waals surface area (Å²) in [6.07, 6.45) is -0.480. The summed E-state index contributed by atoms with van der Waals surface area (Å²) < 4.78 is 16.6. The van der Waals surface area contributed by atoms with Crippen LogP contribution in [0.1, 0.15) is 13.8 Å². The van der Waals surface area contributed by atoms with E-state index in [0.717, 1.165) is 0 Å². The van der Waals surface area contributed by atoms with E-state index in [-0.39, 0.29) is 18.3 Å². The summed E-state index contributed by atoms with van der Waals surface area (Å²) in [5, 5.41) is 0. The Kier molecular flexibility index (Phi) is 2.49. The van der Waals surface area contributed by atoms with Crippen molar-refractivity contribution in [3.8, 4) is 0 Å². The quantitative estimate of drug-likeness (QED) is 0.638. The third kappa shape index (κ3) is 1.68. The van der Waals surface area contributed by atoms with Gasteiger partial charge in [-0.1, -0.05) is 11.6 Å². The van der Waals surface area contributed by atoms with Crippen molar-refractivity contribution >= 4 is 23.2 Å². The Bertz CT molecular complexity index is 210. The van der Waals surface area contributed by atoms with E-state index < -0.39 is 11.4 Å². The molecule has 0 aromatic rings. The fraction of sp³-hybridized carbons (Fsp3) is 1.00. The van der Waals surface area contributed by atoms with Gasteiger partial charge in [-0.3, -0.25) is 0 Å². The van der Waals surface area contributed by atoms with Gasteiger partial charge in [-0.05, 0) is 13.8 Å². The fourth-order valence-corrected chi connectivity index (χ4v) is 2.33. The maximum absolute atomic E-state index is 5.93. The highest BCUT2D eigenvalue weighted by Gasteiger charge is 2.54. The molecular formula is C8H12Cl2O3. The van der Waals surface area contributed by atoms with E-state index in [0.29, 0.717) is 5.88 Å². The van der Waals surface area contributed by atoms with E-state index in [1.165, 1.54) is 0 Å². The molecule has 4 atom stereocenters. The molecule has 76 valence electrons. The molecule has 0 amide bonds. The molecule has 1 unspecified atom stereocenters. The van der Waals surface area contributed by atoms with Crippen LogP contribution in [0.3, 0.4) is 0 Å². The summed E-state index contributed by atoms with van der Waals surface area (Å²) in [5.41, 5.74) is -0.449. The lowest BCUT2D eigenvalue weighted by molar-refractivity contribution is -0.176. The second-order valence-electron chi connectivity index (χ2n) is 3.74. The predicted octanol–water partition coefficient (Wildman–Crippen LogP) is 1.71. The number of fused-ring (bicyclic) bond motifs is 1. The van der Waals surface area contributed by atoms with Crippen molar-refractivity contribution in [3.63, 3.8) is 0 Å². The SMILES string of the molecule is CC1(C)OC2[C@H](Cl)O[C@H](CCl)[C@@H]2O1. The van der Waals surface area contributed by atoms with Crippen molar-refractivity contribution < 1.29 is 14.2 Å². The minimum atomic E-state index is -0.573. The molecule has 0 bridgehead atoms. The lowest BCUT2D eigenvalue weighted by Gasteiger charge is -2.21. The minimum Gasteiger partial charge on any atom is -0.352 e. The standard InChI is InChI=1S/C8H12Cl2O3/c1-8(2)12-5-4(3-9)11-7(10)6(5)13-8/h4-7H,3H2,1-2H3/t4-,5+,6?,7-/m1/s1. The van der Waals surface area contributed by atoms with Crippen LogP contribution in [-0.2, 0) is 14.2 Å². The maximum Gasteiger partial charge on any atom is 0.164 e. The first-order chi connectivity index (χ1) is 6.03. The van der Waals surface area contributed by atoms with Crippen LogP contribution in [0.5, 0.6) is 0 Å². The van der Waals surface area contributed by atoms with Crippen molar-refractivity contribution in [3.05, 3.63) is 0 Å². The Hall–Kier alpha value is 0.460. The van der Waals surface area contributed by atoms with E-state index in [9.17, 15) is 0 Å². The van der Waals surface area contributed by atoms with Crippen LogP contribution in [0.15, 0.2) is 0 Å². The second-order valence-corrected chi connectivity index (χ2v) is 4.48. The molecule has 0 aromatic heterocycles. The van der Waals surface area contributed by atoms with Gasteiger partial charge < -0.3 is 14.2 Å². The van der Waals surface area contributed by atoms with E-state index >= 15 is 0 Å². The molecule has 13 heavy (non-hydrogen) atoms. The van der Waals surface area contributed by atoms with Crippen molar-refractivity contribution in [1.82, 2.24) is 0 Å². The summed E-state index contributed by atoms with van der Waals surface area (Å²) >= 11 is 11.6. The molecule has 2 heterocycles. The lowest BCUT2D eigenvalue weighted by atomic mass is 10.2. The van der Waals surface area contributed by atoms with Crippen LogP contribution >= 0.6 is 23.2 Å². The molecule has 2 fully saturated rings. The van der Waals surface area contributed by atoms with Crippen molar-refractivity contribution in [2.75, 3.05) is 5.88 Å². The molecular weight excluding hydrogens is 215 g/mol. The van der Waals surface area contributed by atoms with Crippen LogP contribution < -0.4 is 0 Å². The zero-order chi connectivity index (χ0) is 9.64. The first-order valence-corrected chi connectivity index (χ1v) is 5.22. The first kappa shape index (κ1) is 9.99. The van der Waals surface area contributed by atoms with E-state index in [1.807, 2.05) is 13.8 Å². The molecule has 0 N–H and O–H groups in total. The van der Waals surface area contributed by atoms with Gasteiger partial charge in [-0.2, -0.15) is 0 Å². The monoisotopic (exact) mass is 226 g/mol. The van der Waals surface area contributed by atoms with Crippen molar-refractivity contribution in [1.29, 1.82) is 0 Å². The van der Waals surface area contributed by atoms with Gasteiger partial charge in [0.15, 0.2) is 11.4 Å². The van der Waals surface area contributed by atoms with Gasteiger partial charge in [0.1, 0.15) is 18.3 Å². The Labute approximate surface area is 87.2 Å². The van der Waals surface area contributed by atoms with Crippen LogP contribution in [0.2, 0.25) is 0 Å². The topological polar surface area (TPSA) is 27.7 Å². The molecule has 0 spiro atoms. The smallest absolute Gasteiger partial charge is 0.164 e. The van der Waals surface area contributed by atoms with Gasteiger partial charge in [0, 0.05) is 0 Å². The Morgan fingerprint density at radius 2 is 1.85 bits per heavy atom. The molecule has 0 saturated carbocycles. The van der Waals surface area contributed by atoms with Gasteiger partial charge in [0.2, 0.25) is 0 Å². The summed E-state index contributed by atoms with van der Waals surface area (Å²) in [6.45, 7) is 3.72. The molecule has 2 aliphatic heterocycles. The van der Waals surface area contributed by atoms with Crippen molar-refractivity contribution in [2.24, 2.45) is 0 Å². The normalized spacial score (nSPS) is 48.0. The third-order valence-corrected chi connectivity index (χ3v) is 2.90. The lowest BCUT2D eigenvalue weighted by Crippen LogP contribution is -2.30. The van der Waals surface area contributed by atoms with E-state index in [4.69, 9.17) is 37.4 Å². The molecule has 2 saturated heterocycles.